The molecule has 0 atom stereocenters. The Balaban J connectivity index is 2.34. The minimum Gasteiger partial charge on any atom is -0.396 e. The van der Waals surface area contributed by atoms with Gasteiger partial charge in [0, 0.05) is 6.61 Å². The van der Waals surface area contributed by atoms with E-state index in [1.807, 2.05) is 0 Å². The SMILES string of the molecule is [B]NCCCO. The maximum atomic E-state index is 8.10. The summed E-state index contributed by atoms with van der Waals surface area (Å²) in [6, 6.07) is 0. The molecule has 0 saturated carbocycles. The standard InChI is InChI=1S/C3H8BNO/c4-5-2-1-3-6/h5-6H,1-3H2. The molecule has 0 saturated heterocycles. The van der Waals surface area contributed by atoms with Gasteiger partial charge in [0.15, 0.2) is 7.98 Å². The van der Waals surface area contributed by atoms with Crippen LogP contribution in [0.4, 0.5) is 0 Å². The third-order valence-corrected chi connectivity index (χ3v) is 0.479. The predicted octanol–water partition coefficient (Wildman–Crippen LogP) is -0.958. The van der Waals surface area contributed by atoms with Crippen molar-refractivity contribution in [3.05, 3.63) is 0 Å². The van der Waals surface area contributed by atoms with E-state index in [0.717, 1.165) is 6.42 Å². The van der Waals surface area contributed by atoms with Crippen molar-refractivity contribution in [3.8, 4) is 0 Å². The molecule has 2 N–H and O–H groups in total. The lowest BCUT2D eigenvalue weighted by Gasteiger charge is -1.89. The van der Waals surface area contributed by atoms with Gasteiger partial charge in [0.1, 0.15) is 0 Å². The van der Waals surface area contributed by atoms with Crippen LogP contribution in [0.2, 0.25) is 0 Å². The van der Waals surface area contributed by atoms with Crippen molar-refractivity contribution in [1.29, 1.82) is 0 Å². The van der Waals surface area contributed by atoms with Crippen molar-refractivity contribution in [2.45, 2.75) is 6.42 Å². The van der Waals surface area contributed by atoms with Crippen LogP contribution in [-0.4, -0.2) is 26.2 Å². The van der Waals surface area contributed by atoms with Crippen molar-refractivity contribution < 1.29 is 5.11 Å². The van der Waals surface area contributed by atoms with Crippen LogP contribution >= 0.6 is 0 Å². The molecule has 3 heteroatoms. The van der Waals surface area contributed by atoms with Gasteiger partial charge in [-0.2, -0.15) is 0 Å². The Bertz CT molecular complexity index is 22.8. The number of hydrogen-bond donors (Lipinski definition) is 2. The van der Waals surface area contributed by atoms with Gasteiger partial charge in [0.25, 0.3) is 0 Å². The number of nitrogens with one attached hydrogen (secondary N) is 1. The first-order chi connectivity index (χ1) is 2.91. The van der Waals surface area contributed by atoms with Crippen LogP contribution < -0.4 is 5.23 Å². The van der Waals surface area contributed by atoms with E-state index in [1.165, 1.54) is 0 Å². The van der Waals surface area contributed by atoms with Crippen molar-refractivity contribution in [1.82, 2.24) is 5.23 Å². The molecule has 0 heterocycles. The molecule has 0 bridgehead atoms. The molecule has 0 fully saturated rings. The third-order valence-electron chi connectivity index (χ3n) is 0.479. The topological polar surface area (TPSA) is 32.3 Å². The summed E-state index contributed by atoms with van der Waals surface area (Å²) in [4.78, 5) is 0. The van der Waals surface area contributed by atoms with Gasteiger partial charge < -0.3 is 10.3 Å². The molecule has 0 rings (SSSR count). The number of rotatable bonds is 3. The van der Waals surface area contributed by atoms with E-state index in [2.05, 4.69) is 5.23 Å². The fraction of sp³-hybridized carbons (Fsp3) is 1.00. The van der Waals surface area contributed by atoms with Crippen molar-refractivity contribution in [2.24, 2.45) is 0 Å². The fourth-order valence-electron chi connectivity index (χ4n) is 0.181. The Morgan fingerprint density at radius 2 is 2.33 bits per heavy atom. The van der Waals surface area contributed by atoms with E-state index >= 15 is 0 Å². The maximum absolute atomic E-state index is 8.10. The monoisotopic (exact) mass is 85.1 g/mol. The predicted molar refractivity (Wildman–Crippen MR) is 25.5 cm³/mol. The van der Waals surface area contributed by atoms with Crippen molar-refractivity contribution in [3.63, 3.8) is 0 Å². The highest BCUT2D eigenvalue weighted by molar-refractivity contribution is 6.04. The van der Waals surface area contributed by atoms with E-state index in [4.69, 9.17) is 13.1 Å². The Labute approximate surface area is 39.0 Å². The quantitative estimate of drug-likeness (QED) is 0.341. The molecule has 34 valence electrons. The smallest absolute Gasteiger partial charge is 0.177 e. The van der Waals surface area contributed by atoms with Crippen LogP contribution in [0, 0.1) is 0 Å². The molecule has 2 radical (unpaired) electrons. The molecule has 2 nitrogen and oxygen atoms in total. The average molecular weight is 84.9 g/mol. The van der Waals surface area contributed by atoms with E-state index in [9.17, 15) is 0 Å². The Hall–Kier alpha value is -0.0151. The van der Waals surface area contributed by atoms with Gasteiger partial charge in [-0.05, 0) is 13.0 Å². The summed E-state index contributed by atoms with van der Waals surface area (Å²) in [5.74, 6) is 0. The molecular formula is C3H8BNO. The zero-order valence-corrected chi connectivity index (χ0v) is 3.65. The summed E-state index contributed by atoms with van der Waals surface area (Å²) in [6.07, 6.45) is 0.733. The zero-order valence-electron chi connectivity index (χ0n) is 3.65. The number of aliphatic hydroxyl groups is 1. The number of hydrogen-bond acceptors (Lipinski definition) is 2. The highest BCUT2D eigenvalue weighted by atomic mass is 16.2. The first kappa shape index (κ1) is 5.98. The molecule has 0 aliphatic rings. The van der Waals surface area contributed by atoms with E-state index in [0.29, 0.717) is 6.54 Å². The molecule has 0 aromatic carbocycles. The summed E-state index contributed by atoms with van der Waals surface area (Å²) in [6.45, 7) is 0.903. The summed E-state index contributed by atoms with van der Waals surface area (Å²) < 4.78 is 0. The molecule has 0 unspecified atom stereocenters. The molecule has 6 heavy (non-hydrogen) atoms. The van der Waals surface area contributed by atoms with Gasteiger partial charge in [-0.3, -0.25) is 0 Å². The van der Waals surface area contributed by atoms with Crippen LogP contribution in [0.3, 0.4) is 0 Å². The highest BCUT2D eigenvalue weighted by Crippen LogP contribution is 1.65. The molecule has 0 aromatic rings. The van der Waals surface area contributed by atoms with Crippen LogP contribution in [0.15, 0.2) is 0 Å². The van der Waals surface area contributed by atoms with Gasteiger partial charge >= 0.3 is 0 Å². The van der Waals surface area contributed by atoms with Gasteiger partial charge in [0.05, 0.1) is 0 Å². The highest BCUT2D eigenvalue weighted by Gasteiger charge is 1.74. The lowest BCUT2D eigenvalue weighted by atomic mass is 10.3. The summed E-state index contributed by atoms with van der Waals surface area (Å²) in [5.41, 5.74) is 0. The molecule has 0 amide bonds. The van der Waals surface area contributed by atoms with Crippen molar-refractivity contribution >= 4 is 7.98 Å². The summed E-state index contributed by atoms with van der Waals surface area (Å²) in [5, 5.41) is 10.5. The lowest BCUT2D eigenvalue weighted by Crippen LogP contribution is -2.10. The number of aliphatic hydroxyl groups excluding tert-OH is 1. The van der Waals surface area contributed by atoms with Crippen LogP contribution in [0.25, 0.3) is 0 Å². The second-order valence-electron chi connectivity index (χ2n) is 1.03. The molecule has 0 aliphatic carbocycles. The largest absolute Gasteiger partial charge is 0.396 e. The lowest BCUT2D eigenvalue weighted by molar-refractivity contribution is 0.289. The van der Waals surface area contributed by atoms with Gasteiger partial charge in [-0.25, -0.2) is 0 Å². The fourth-order valence-corrected chi connectivity index (χ4v) is 0.181. The van der Waals surface area contributed by atoms with Crippen LogP contribution in [-0.2, 0) is 0 Å². The minimum absolute atomic E-state index is 0.212. The first-order valence-electron chi connectivity index (χ1n) is 1.96. The normalized spacial score (nSPS) is 8.83. The van der Waals surface area contributed by atoms with Gasteiger partial charge in [-0.1, -0.05) is 0 Å². The summed E-state index contributed by atoms with van der Waals surface area (Å²) in [7, 11) is 4.85. The second kappa shape index (κ2) is 4.98. The molecule has 0 aromatic heterocycles. The van der Waals surface area contributed by atoms with Gasteiger partial charge in [-0.15, -0.1) is 0 Å². The second-order valence-corrected chi connectivity index (χ2v) is 1.03. The van der Waals surface area contributed by atoms with E-state index < -0.39 is 0 Å². The zero-order chi connectivity index (χ0) is 4.83. The molecule has 0 spiro atoms. The maximum Gasteiger partial charge on any atom is 0.177 e. The Morgan fingerprint density at radius 1 is 1.67 bits per heavy atom. The van der Waals surface area contributed by atoms with E-state index in [1.54, 1.807) is 0 Å². The van der Waals surface area contributed by atoms with E-state index in [-0.39, 0.29) is 6.61 Å². The molecular weight excluding hydrogens is 76.9 g/mol. The minimum atomic E-state index is 0.212. The van der Waals surface area contributed by atoms with Gasteiger partial charge in [0.2, 0.25) is 0 Å². The first-order valence-corrected chi connectivity index (χ1v) is 1.96. The Kier molecular flexibility index (Phi) is 4.97. The van der Waals surface area contributed by atoms with Crippen LogP contribution in [0.1, 0.15) is 6.42 Å². The summed E-state index contributed by atoms with van der Waals surface area (Å²) >= 11 is 0. The third kappa shape index (κ3) is 3.98. The van der Waals surface area contributed by atoms with Crippen molar-refractivity contribution in [2.75, 3.05) is 13.2 Å². The molecule has 0 aliphatic heterocycles. The average Bonchev–Trinajstić information content (AvgIpc) is 1.61. The van der Waals surface area contributed by atoms with Crippen LogP contribution in [0.5, 0.6) is 0 Å². The Morgan fingerprint density at radius 3 is 2.50 bits per heavy atom.